The molecule has 142 valence electrons. The summed E-state index contributed by atoms with van der Waals surface area (Å²) in [5.41, 5.74) is 2.26. The van der Waals surface area contributed by atoms with Gasteiger partial charge in [0.15, 0.2) is 0 Å². The molecule has 0 aliphatic carbocycles. The van der Waals surface area contributed by atoms with Gasteiger partial charge in [0.05, 0.1) is 12.8 Å². The van der Waals surface area contributed by atoms with Gasteiger partial charge in [-0.05, 0) is 30.2 Å². The molecule has 7 heteroatoms. The number of hydrogen-bond acceptors (Lipinski definition) is 6. The lowest BCUT2D eigenvalue weighted by Crippen LogP contribution is -2.53. The quantitative estimate of drug-likeness (QED) is 0.840. The van der Waals surface area contributed by atoms with Gasteiger partial charge in [-0.1, -0.05) is 12.1 Å². The summed E-state index contributed by atoms with van der Waals surface area (Å²) in [4.78, 5) is 8.54. The fourth-order valence-corrected chi connectivity index (χ4v) is 3.52. The topological polar surface area (TPSA) is 72.6 Å². The molecule has 1 fully saturated rings. The molecule has 0 bridgehead atoms. The lowest BCUT2D eigenvalue weighted by molar-refractivity contribution is 0.135. The fourth-order valence-electron chi connectivity index (χ4n) is 3.52. The molecule has 1 N–H and O–H groups in total. The number of piperazine rings is 1. The molecule has 3 rings (SSSR count). The maximum Gasteiger partial charge on any atom is 0.233 e. The van der Waals surface area contributed by atoms with Crippen LogP contribution in [0, 0.1) is 17.1 Å². The van der Waals surface area contributed by atoms with Crippen molar-refractivity contribution in [2.75, 3.05) is 38.3 Å². The molecule has 1 aromatic carbocycles. The van der Waals surface area contributed by atoms with Crippen LogP contribution in [-0.2, 0) is 6.54 Å². The highest BCUT2D eigenvalue weighted by Gasteiger charge is 2.28. The van der Waals surface area contributed by atoms with Crippen molar-refractivity contribution in [3.05, 3.63) is 53.5 Å². The van der Waals surface area contributed by atoms with Crippen LogP contribution in [0.5, 0.6) is 5.88 Å². The highest BCUT2D eigenvalue weighted by molar-refractivity contribution is 5.63. The van der Waals surface area contributed by atoms with Gasteiger partial charge in [0.1, 0.15) is 17.4 Å². The molecule has 1 aromatic heterocycles. The first-order valence-corrected chi connectivity index (χ1v) is 8.93. The van der Waals surface area contributed by atoms with Gasteiger partial charge in [-0.15, -0.1) is 0 Å². The number of rotatable bonds is 6. The van der Waals surface area contributed by atoms with E-state index in [0.717, 1.165) is 24.3 Å². The number of ether oxygens (including phenoxy) is 1. The Labute approximate surface area is 158 Å². The number of aliphatic hydroxyl groups excluding tert-OH is 1. The van der Waals surface area contributed by atoms with Crippen LogP contribution in [0.25, 0.3) is 0 Å². The van der Waals surface area contributed by atoms with Crippen molar-refractivity contribution in [2.45, 2.75) is 19.0 Å². The Bertz CT molecular complexity index is 807. The van der Waals surface area contributed by atoms with E-state index in [-0.39, 0.29) is 18.5 Å². The summed E-state index contributed by atoms with van der Waals surface area (Å²) in [6, 6.07) is 10.7. The first-order chi connectivity index (χ1) is 13.2. The average Bonchev–Trinajstić information content (AvgIpc) is 2.70. The predicted octanol–water partition coefficient (Wildman–Crippen LogP) is 2.17. The van der Waals surface area contributed by atoms with Crippen molar-refractivity contribution in [2.24, 2.45) is 0 Å². The lowest BCUT2D eigenvalue weighted by atomic mass is 10.1. The van der Waals surface area contributed by atoms with Crippen LogP contribution in [-0.4, -0.2) is 54.4 Å². The fraction of sp³-hybridized carbons (Fsp3) is 0.400. The summed E-state index contributed by atoms with van der Waals surface area (Å²) in [6.07, 6.45) is 2.27. The Hall–Kier alpha value is -2.69. The summed E-state index contributed by atoms with van der Waals surface area (Å²) in [7, 11) is 1.50. The second-order valence-corrected chi connectivity index (χ2v) is 6.54. The van der Waals surface area contributed by atoms with E-state index in [1.165, 1.54) is 19.2 Å². The van der Waals surface area contributed by atoms with Crippen LogP contribution in [0.2, 0.25) is 0 Å². The molecule has 0 spiro atoms. The monoisotopic (exact) mass is 370 g/mol. The maximum absolute atomic E-state index is 13.1. The molecule has 1 aliphatic heterocycles. The van der Waals surface area contributed by atoms with Crippen molar-refractivity contribution in [1.82, 2.24) is 9.88 Å². The molecule has 0 unspecified atom stereocenters. The van der Waals surface area contributed by atoms with Crippen LogP contribution in [0.15, 0.2) is 36.5 Å². The van der Waals surface area contributed by atoms with E-state index in [4.69, 9.17) is 4.74 Å². The van der Waals surface area contributed by atoms with Crippen molar-refractivity contribution in [3.63, 3.8) is 0 Å². The smallest absolute Gasteiger partial charge is 0.233 e. The summed E-state index contributed by atoms with van der Waals surface area (Å²) < 4.78 is 18.4. The van der Waals surface area contributed by atoms with Gasteiger partial charge >= 0.3 is 0 Å². The Kier molecular flexibility index (Phi) is 6.22. The molecule has 2 heterocycles. The van der Waals surface area contributed by atoms with Gasteiger partial charge in [-0.25, -0.2) is 9.37 Å². The Balaban J connectivity index is 1.78. The van der Waals surface area contributed by atoms with Gasteiger partial charge in [0.2, 0.25) is 5.88 Å². The first-order valence-electron chi connectivity index (χ1n) is 8.93. The highest BCUT2D eigenvalue weighted by atomic mass is 19.1. The second kappa shape index (κ2) is 8.80. The summed E-state index contributed by atoms with van der Waals surface area (Å²) in [6.45, 7) is 2.99. The molecular formula is C20H23FN4O2. The van der Waals surface area contributed by atoms with Crippen LogP contribution >= 0.6 is 0 Å². The largest absolute Gasteiger partial charge is 0.480 e. The zero-order chi connectivity index (χ0) is 19.2. The third-order valence-electron chi connectivity index (χ3n) is 4.91. The van der Waals surface area contributed by atoms with Gasteiger partial charge in [-0.2, -0.15) is 5.26 Å². The van der Waals surface area contributed by atoms with Crippen LogP contribution in [0.3, 0.4) is 0 Å². The van der Waals surface area contributed by atoms with Crippen molar-refractivity contribution >= 4 is 5.69 Å². The highest BCUT2D eigenvalue weighted by Crippen LogP contribution is 2.29. The standard InChI is InChI=1S/C20H23FN4O2/c1-27-20-18(12-22)19(6-8-23-20)25-10-9-24(17(14-25)7-11-26)13-15-2-4-16(21)5-3-15/h2-6,8,17,26H,7,9-11,13-14H2,1H3/t17-/m1/s1. The molecule has 0 radical (unpaired) electrons. The second-order valence-electron chi connectivity index (χ2n) is 6.54. The van der Waals surface area contributed by atoms with E-state index in [9.17, 15) is 14.8 Å². The Morgan fingerprint density at radius 3 is 2.74 bits per heavy atom. The number of anilines is 1. The van der Waals surface area contributed by atoms with E-state index in [1.54, 1.807) is 18.3 Å². The van der Waals surface area contributed by atoms with Crippen molar-refractivity contribution in [3.8, 4) is 11.9 Å². The van der Waals surface area contributed by atoms with Crippen molar-refractivity contribution in [1.29, 1.82) is 5.26 Å². The number of nitrogens with zero attached hydrogens (tertiary/aromatic N) is 4. The Morgan fingerprint density at radius 2 is 2.07 bits per heavy atom. The van der Waals surface area contributed by atoms with E-state index in [1.807, 2.05) is 6.07 Å². The molecule has 2 aromatic rings. The summed E-state index contributed by atoms with van der Waals surface area (Å²) in [5, 5.41) is 19.0. The zero-order valence-electron chi connectivity index (χ0n) is 15.3. The van der Waals surface area contributed by atoms with Crippen LogP contribution < -0.4 is 9.64 Å². The number of hydrogen-bond donors (Lipinski definition) is 1. The number of nitriles is 1. The summed E-state index contributed by atoms with van der Waals surface area (Å²) >= 11 is 0. The van der Waals surface area contributed by atoms with Crippen molar-refractivity contribution < 1.29 is 14.2 Å². The number of benzene rings is 1. The Morgan fingerprint density at radius 1 is 1.30 bits per heavy atom. The molecule has 27 heavy (non-hydrogen) atoms. The van der Waals surface area contributed by atoms with Gasteiger partial charge < -0.3 is 14.7 Å². The number of methoxy groups -OCH3 is 1. The van der Waals surface area contributed by atoms with Crippen LogP contribution in [0.4, 0.5) is 10.1 Å². The lowest BCUT2D eigenvalue weighted by Gasteiger charge is -2.42. The molecule has 0 saturated carbocycles. The normalized spacial score (nSPS) is 17.6. The molecular weight excluding hydrogens is 347 g/mol. The van der Waals surface area contributed by atoms with E-state index < -0.39 is 0 Å². The minimum absolute atomic E-state index is 0.0865. The molecule has 1 saturated heterocycles. The number of aromatic nitrogens is 1. The number of halogens is 1. The average molecular weight is 370 g/mol. The molecule has 1 atom stereocenters. The van der Waals surface area contributed by atoms with Gasteiger partial charge in [-0.3, -0.25) is 4.90 Å². The van der Waals surface area contributed by atoms with Crippen LogP contribution in [0.1, 0.15) is 17.5 Å². The third kappa shape index (κ3) is 4.35. The zero-order valence-corrected chi connectivity index (χ0v) is 15.3. The third-order valence-corrected chi connectivity index (χ3v) is 4.91. The van der Waals surface area contributed by atoms with E-state index in [0.29, 0.717) is 31.0 Å². The van der Waals surface area contributed by atoms with E-state index in [2.05, 4.69) is 20.9 Å². The van der Waals surface area contributed by atoms with E-state index >= 15 is 0 Å². The maximum atomic E-state index is 13.1. The molecule has 6 nitrogen and oxygen atoms in total. The van der Waals surface area contributed by atoms with Gasteiger partial charge in [0, 0.05) is 45.0 Å². The first kappa shape index (κ1) is 19.1. The molecule has 1 aliphatic rings. The molecule has 0 amide bonds. The summed E-state index contributed by atoms with van der Waals surface area (Å²) in [5.74, 6) is 0.0774. The minimum Gasteiger partial charge on any atom is -0.480 e. The number of aliphatic hydroxyl groups is 1. The predicted molar refractivity (Wildman–Crippen MR) is 100 cm³/mol. The number of pyridine rings is 1. The SMILES string of the molecule is COc1nccc(N2CCN(Cc3ccc(F)cc3)[C@H](CCO)C2)c1C#N. The van der Waals surface area contributed by atoms with Gasteiger partial charge in [0.25, 0.3) is 0 Å². The minimum atomic E-state index is -0.244.